The van der Waals surface area contributed by atoms with Crippen LogP contribution in [0.3, 0.4) is 0 Å². The summed E-state index contributed by atoms with van der Waals surface area (Å²) in [7, 11) is 0. The Bertz CT molecular complexity index is 475. The third-order valence-corrected chi connectivity index (χ3v) is 3.72. The molecule has 1 aliphatic rings. The van der Waals surface area contributed by atoms with Crippen molar-refractivity contribution in [3.63, 3.8) is 0 Å². The van der Waals surface area contributed by atoms with Crippen LogP contribution in [0.25, 0.3) is 0 Å². The van der Waals surface area contributed by atoms with Gasteiger partial charge in [-0.1, -0.05) is 22.6 Å². The highest BCUT2D eigenvalue weighted by molar-refractivity contribution is 14.1. The average molecular weight is 464 g/mol. The van der Waals surface area contributed by atoms with E-state index in [1.807, 2.05) is 0 Å². The Morgan fingerprint density at radius 1 is 0.500 bits per heavy atom. The Morgan fingerprint density at radius 3 is 0.864 bits per heavy atom. The van der Waals surface area contributed by atoms with Gasteiger partial charge in [-0.25, -0.2) is 0 Å². The predicted molar refractivity (Wildman–Crippen MR) is 56.1 cm³/mol. The predicted octanol–water partition coefficient (Wildman–Crippen LogP) is 5.65. The highest BCUT2D eigenvalue weighted by Crippen LogP contribution is 2.57. The zero-order chi connectivity index (χ0) is 17.9. The lowest BCUT2D eigenvalue weighted by Gasteiger charge is -2.18. The summed E-state index contributed by atoms with van der Waals surface area (Å²) in [6, 6.07) is 0. The fourth-order valence-electron chi connectivity index (χ4n) is 1.83. The van der Waals surface area contributed by atoms with Crippen LogP contribution in [0.4, 0.5) is 52.7 Å². The molecule has 1 rings (SSSR count). The molecule has 13 heteroatoms. The first-order valence-electron chi connectivity index (χ1n) is 4.81. The van der Waals surface area contributed by atoms with Gasteiger partial charge in [0, 0.05) is 0 Å². The van der Waals surface area contributed by atoms with Gasteiger partial charge in [-0.2, -0.15) is 52.7 Å². The van der Waals surface area contributed by atoms with E-state index in [4.69, 9.17) is 0 Å². The second kappa shape index (κ2) is 5.19. The average Bonchev–Trinajstić information content (AvgIpc) is 2.48. The van der Waals surface area contributed by atoms with E-state index in [1.165, 1.54) is 0 Å². The minimum Gasteiger partial charge on any atom is -0.166 e. The third kappa shape index (κ3) is 3.48. The van der Waals surface area contributed by atoms with Crippen LogP contribution in [0.2, 0.25) is 0 Å². The SMILES string of the molecule is FC(F)(F)C1=C(C(F)(F)F)C(I)C(C(F)(F)F)=C1C(F)(F)F. The molecule has 0 aromatic rings. The number of hydrogen-bond acceptors (Lipinski definition) is 0. The third-order valence-electron chi connectivity index (χ3n) is 2.47. The molecule has 22 heavy (non-hydrogen) atoms. The molecule has 0 heterocycles. The van der Waals surface area contributed by atoms with E-state index in [-0.39, 0.29) is 22.6 Å². The fourth-order valence-corrected chi connectivity index (χ4v) is 3.16. The molecule has 0 aromatic heterocycles. The lowest BCUT2D eigenvalue weighted by atomic mass is 10.0. The Kier molecular flexibility index (Phi) is 4.58. The van der Waals surface area contributed by atoms with Gasteiger partial charge in [0.25, 0.3) is 0 Å². The Hall–Kier alpha value is -0.630. The van der Waals surface area contributed by atoms with Crippen LogP contribution in [0.5, 0.6) is 0 Å². The molecule has 0 radical (unpaired) electrons. The number of alkyl halides is 13. The minimum absolute atomic E-state index is 0.261. The molecular formula is C9HF12I. The van der Waals surface area contributed by atoms with Gasteiger partial charge in [0.1, 0.15) is 0 Å². The highest BCUT2D eigenvalue weighted by Gasteiger charge is 2.64. The van der Waals surface area contributed by atoms with E-state index >= 15 is 0 Å². The number of hydrogen-bond donors (Lipinski definition) is 0. The first-order chi connectivity index (χ1) is 9.40. The zero-order valence-corrected chi connectivity index (χ0v) is 11.6. The van der Waals surface area contributed by atoms with Crippen LogP contribution >= 0.6 is 22.6 Å². The quantitative estimate of drug-likeness (QED) is 0.247. The first-order valence-corrected chi connectivity index (χ1v) is 6.06. The lowest BCUT2D eigenvalue weighted by molar-refractivity contribution is -0.130. The molecule has 0 aromatic carbocycles. The molecule has 0 bridgehead atoms. The molecule has 0 saturated carbocycles. The number of halogens is 13. The summed E-state index contributed by atoms with van der Waals surface area (Å²) in [6.45, 7) is 0. The first kappa shape index (κ1) is 19.4. The molecule has 0 fully saturated rings. The van der Waals surface area contributed by atoms with Crippen molar-refractivity contribution < 1.29 is 52.7 Å². The minimum atomic E-state index is -6.26. The molecule has 0 amide bonds. The maximum Gasteiger partial charge on any atom is 0.417 e. The van der Waals surface area contributed by atoms with Crippen LogP contribution < -0.4 is 0 Å². The van der Waals surface area contributed by atoms with Gasteiger partial charge in [-0.15, -0.1) is 0 Å². The van der Waals surface area contributed by atoms with Crippen LogP contribution in [-0.2, 0) is 0 Å². The normalized spacial score (nSPS) is 19.5. The second-order valence-electron chi connectivity index (χ2n) is 3.93. The zero-order valence-electron chi connectivity index (χ0n) is 9.49. The maximum absolute atomic E-state index is 12.6. The maximum atomic E-state index is 12.6. The van der Waals surface area contributed by atoms with Crippen LogP contribution in [-0.4, -0.2) is 28.6 Å². The molecule has 0 atom stereocenters. The molecular weight excluding hydrogens is 463 g/mol. The number of allylic oxidation sites excluding steroid dienone is 4. The lowest BCUT2D eigenvalue weighted by Crippen LogP contribution is -2.27. The van der Waals surface area contributed by atoms with Gasteiger partial charge in [-0.3, -0.25) is 0 Å². The summed E-state index contributed by atoms with van der Waals surface area (Å²) in [5, 5.41) is 0. The molecule has 0 saturated heterocycles. The van der Waals surface area contributed by atoms with E-state index in [2.05, 4.69) is 0 Å². The van der Waals surface area contributed by atoms with Crippen molar-refractivity contribution in [3.05, 3.63) is 22.3 Å². The van der Waals surface area contributed by atoms with Crippen molar-refractivity contribution >= 4 is 22.6 Å². The Labute approximate surface area is 127 Å². The monoisotopic (exact) mass is 464 g/mol. The van der Waals surface area contributed by atoms with Crippen LogP contribution in [0.15, 0.2) is 22.3 Å². The van der Waals surface area contributed by atoms with Crippen LogP contribution in [0, 0.1) is 0 Å². The fraction of sp³-hybridized carbons (Fsp3) is 0.556. The second-order valence-corrected chi connectivity index (χ2v) is 5.18. The largest absolute Gasteiger partial charge is 0.417 e. The molecule has 0 N–H and O–H groups in total. The topological polar surface area (TPSA) is 0 Å². The van der Waals surface area contributed by atoms with Gasteiger partial charge in [0.15, 0.2) is 0 Å². The van der Waals surface area contributed by atoms with Crippen molar-refractivity contribution in [1.82, 2.24) is 0 Å². The van der Waals surface area contributed by atoms with E-state index in [9.17, 15) is 52.7 Å². The summed E-state index contributed by atoms with van der Waals surface area (Å²) in [4.78, 5) is 0. The van der Waals surface area contributed by atoms with Gasteiger partial charge in [0.2, 0.25) is 0 Å². The summed E-state index contributed by atoms with van der Waals surface area (Å²) >= 11 is 0.261. The van der Waals surface area contributed by atoms with Gasteiger partial charge in [-0.05, 0) is 0 Å². The van der Waals surface area contributed by atoms with Crippen molar-refractivity contribution in [3.8, 4) is 0 Å². The van der Waals surface area contributed by atoms with Gasteiger partial charge >= 0.3 is 24.7 Å². The molecule has 0 nitrogen and oxygen atoms in total. The van der Waals surface area contributed by atoms with Crippen molar-refractivity contribution in [1.29, 1.82) is 0 Å². The summed E-state index contributed by atoms with van der Waals surface area (Å²) in [5.41, 5.74) is -12.5. The Balaban J connectivity index is 3.90. The molecule has 128 valence electrons. The van der Waals surface area contributed by atoms with E-state index in [0.29, 0.717) is 0 Å². The summed E-state index contributed by atoms with van der Waals surface area (Å²) < 4.78 is 148. The van der Waals surface area contributed by atoms with Gasteiger partial charge < -0.3 is 0 Å². The highest BCUT2D eigenvalue weighted by atomic mass is 127. The van der Waals surface area contributed by atoms with E-state index in [1.54, 1.807) is 0 Å². The molecule has 0 aliphatic heterocycles. The van der Waals surface area contributed by atoms with Crippen LogP contribution in [0.1, 0.15) is 0 Å². The molecule has 1 aliphatic carbocycles. The standard InChI is InChI=1S/C9HF12I/c10-6(11,12)1-2(7(13,14)15)4(9(19,20)21)5(22)3(1)8(16,17)18/h5H. The van der Waals surface area contributed by atoms with Gasteiger partial charge in [0.05, 0.1) is 26.2 Å². The van der Waals surface area contributed by atoms with Crippen molar-refractivity contribution in [2.24, 2.45) is 0 Å². The van der Waals surface area contributed by atoms with E-state index < -0.39 is 50.9 Å². The van der Waals surface area contributed by atoms with Crippen molar-refractivity contribution in [2.75, 3.05) is 0 Å². The summed E-state index contributed by atoms with van der Waals surface area (Å²) in [5.74, 6) is 0. The molecule has 0 unspecified atom stereocenters. The molecule has 0 spiro atoms. The Morgan fingerprint density at radius 2 is 0.727 bits per heavy atom. The van der Waals surface area contributed by atoms with Crippen molar-refractivity contribution in [2.45, 2.75) is 28.6 Å². The van der Waals surface area contributed by atoms with E-state index in [0.717, 1.165) is 0 Å². The smallest absolute Gasteiger partial charge is 0.166 e. The summed E-state index contributed by atoms with van der Waals surface area (Å²) in [6.07, 6.45) is -24.5. The number of rotatable bonds is 0.